The average Bonchev–Trinajstić information content (AvgIpc) is 3.01. The molecule has 2 N–H and O–H groups in total. The molecular weight excluding hydrogens is 369 g/mol. The molecule has 2 heterocycles. The molecule has 6 heteroatoms. The molecule has 29 heavy (non-hydrogen) atoms. The van der Waals surface area contributed by atoms with E-state index in [2.05, 4.69) is 6.92 Å². The van der Waals surface area contributed by atoms with E-state index < -0.39 is 0 Å². The van der Waals surface area contributed by atoms with Gasteiger partial charge in [0.15, 0.2) is 0 Å². The fourth-order valence-electron chi connectivity index (χ4n) is 4.64. The third-order valence-electron chi connectivity index (χ3n) is 6.18. The van der Waals surface area contributed by atoms with Gasteiger partial charge in [-0.3, -0.25) is 4.79 Å². The predicted molar refractivity (Wildman–Crippen MR) is 110 cm³/mol. The van der Waals surface area contributed by atoms with Crippen LogP contribution in [0.4, 0.5) is 10.1 Å². The Morgan fingerprint density at radius 3 is 2.66 bits per heavy atom. The van der Waals surface area contributed by atoms with E-state index in [1.807, 2.05) is 17.0 Å². The molecular formula is C23H22FN3O2. The summed E-state index contributed by atoms with van der Waals surface area (Å²) in [5.74, 6) is 0.636. The van der Waals surface area contributed by atoms with Gasteiger partial charge in [0.2, 0.25) is 0 Å². The number of pyridine rings is 1. The smallest absolute Gasteiger partial charge is 0.258 e. The molecule has 0 atom stereocenters. The van der Waals surface area contributed by atoms with Crippen molar-refractivity contribution < 1.29 is 13.9 Å². The second kappa shape index (κ2) is 6.44. The number of halogens is 1. The third kappa shape index (κ3) is 2.58. The van der Waals surface area contributed by atoms with Crippen molar-refractivity contribution in [1.29, 1.82) is 0 Å². The number of para-hydroxylation sites is 1. The Morgan fingerprint density at radius 1 is 1.17 bits per heavy atom. The van der Waals surface area contributed by atoms with E-state index >= 15 is 0 Å². The van der Waals surface area contributed by atoms with Crippen LogP contribution in [0.25, 0.3) is 22.0 Å². The summed E-state index contributed by atoms with van der Waals surface area (Å²) in [6.45, 7) is 2.65. The number of aromatic nitrogens is 1. The van der Waals surface area contributed by atoms with Gasteiger partial charge < -0.3 is 15.4 Å². The van der Waals surface area contributed by atoms with Crippen molar-refractivity contribution in [2.24, 2.45) is 5.92 Å². The molecule has 0 unspecified atom stereocenters. The SMILES string of the molecule is COc1cccc(F)c1-c1cccc2c(N)c3c(nc12)CN([C@H]1C[C@@H](C)C1)C3=O. The zero-order chi connectivity index (χ0) is 20.3. The van der Waals surface area contributed by atoms with Crippen molar-refractivity contribution in [2.75, 3.05) is 12.8 Å². The molecule has 0 radical (unpaired) electrons. The van der Waals surface area contributed by atoms with E-state index in [9.17, 15) is 9.18 Å². The molecule has 0 saturated heterocycles. The van der Waals surface area contributed by atoms with E-state index in [4.69, 9.17) is 15.5 Å². The van der Waals surface area contributed by atoms with Crippen LogP contribution in [-0.2, 0) is 6.54 Å². The largest absolute Gasteiger partial charge is 0.496 e. The number of fused-ring (bicyclic) bond motifs is 2. The summed E-state index contributed by atoms with van der Waals surface area (Å²) in [6, 6.07) is 10.4. The Bertz CT molecular complexity index is 1150. The Kier molecular flexibility index (Phi) is 3.98. The number of rotatable bonds is 3. The van der Waals surface area contributed by atoms with Gasteiger partial charge >= 0.3 is 0 Å². The molecule has 1 aromatic heterocycles. The zero-order valence-electron chi connectivity index (χ0n) is 16.4. The van der Waals surface area contributed by atoms with E-state index in [1.54, 1.807) is 18.2 Å². The highest BCUT2D eigenvalue weighted by Gasteiger charge is 2.40. The Hall–Kier alpha value is -3.15. The van der Waals surface area contributed by atoms with Gasteiger partial charge in [-0.05, 0) is 30.9 Å². The van der Waals surface area contributed by atoms with Crippen LogP contribution in [0.3, 0.4) is 0 Å². The van der Waals surface area contributed by atoms with Crippen LogP contribution in [0.2, 0.25) is 0 Å². The lowest BCUT2D eigenvalue weighted by Crippen LogP contribution is -2.44. The van der Waals surface area contributed by atoms with Gasteiger partial charge in [0, 0.05) is 17.0 Å². The zero-order valence-corrected chi connectivity index (χ0v) is 16.4. The van der Waals surface area contributed by atoms with Gasteiger partial charge in [-0.2, -0.15) is 0 Å². The number of hydrogen-bond donors (Lipinski definition) is 1. The van der Waals surface area contributed by atoms with Gasteiger partial charge in [-0.25, -0.2) is 9.37 Å². The van der Waals surface area contributed by atoms with Crippen LogP contribution in [-0.4, -0.2) is 28.9 Å². The van der Waals surface area contributed by atoms with Crippen molar-refractivity contribution in [3.63, 3.8) is 0 Å². The Morgan fingerprint density at radius 2 is 1.93 bits per heavy atom. The number of ether oxygens (including phenoxy) is 1. The molecule has 148 valence electrons. The summed E-state index contributed by atoms with van der Waals surface area (Å²) in [5, 5.41) is 0.656. The van der Waals surface area contributed by atoms with E-state index in [1.165, 1.54) is 13.2 Å². The summed E-state index contributed by atoms with van der Waals surface area (Å²) >= 11 is 0. The molecule has 0 spiro atoms. The lowest BCUT2D eigenvalue weighted by atomic mass is 9.81. The lowest BCUT2D eigenvalue weighted by molar-refractivity contribution is 0.0509. The molecule has 1 amide bonds. The van der Waals surface area contributed by atoms with Crippen LogP contribution >= 0.6 is 0 Å². The van der Waals surface area contributed by atoms with Crippen molar-refractivity contribution in [3.8, 4) is 16.9 Å². The number of nitrogens with two attached hydrogens (primary N) is 1. The van der Waals surface area contributed by atoms with Crippen LogP contribution < -0.4 is 10.5 Å². The number of amides is 1. The standard InChI is InChI=1S/C23H22FN3O2/c1-12-9-13(10-12)27-11-17-20(23(27)28)21(25)15-6-3-5-14(22(15)26-17)19-16(24)7-4-8-18(19)29-2/h3-8,12-13H,9-11H2,1-2H3,(H2,25,26)/t12-,13+. The third-order valence-corrected chi connectivity index (χ3v) is 6.18. The number of methoxy groups -OCH3 is 1. The first-order chi connectivity index (χ1) is 14.0. The molecule has 5 nitrogen and oxygen atoms in total. The first-order valence-electron chi connectivity index (χ1n) is 9.84. The molecule has 1 aliphatic carbocycles. The van der Waals surface area contributed by atoms with Crippen molar-refractivity contribution in [2.45, 2.75) is 32.4 Å². The summed E-state index contributed by atoms with van der Waals surface area (Å²) in [4.78, 5) is 19.7. The molecule has 2 aromatic carbocycles. The topological polar surface area (TPSA) is 68.5 Å². The van der Waals surface area contributed by atoms with Crippen molar-refractivity contribution in [1.82, 2.24) is 9.88 Å². The molecule has 3 aromatic rings. The number of carbonyl (C=O) groups excluding carboxylic acids is 1. The Labute approximate surface area is 168 Å². The van der Waals surface area contributed by atoms with Gasteiger partial charge in [0.05, 0.1) is 41.7 Å². The minimum atomic E-state index is -0.390. The maximum atomic E-state index is 14.7. The number of anilines is 1. The molecule has 0 bridgehead atoms. The minimum absolute atomic E-state index is 0.0438. The highest BCUT2D eigenvalue weighted by Crippen LogP contribution is 2.42. The fourth-order valence-corrected chi connectivity index (χ4v) is 4.64. The summed E-state index contributed by atoms with van der Waals surface area (Å²) in [7, 11) is 1.51. The Balaban J connectivity index is 1.69. The molecule has 2 aliphatic rings. The molecule has 1 saturated carbocycles. The van der Waals surface area contributed by atoms with E-state index in [-0.39, 0.29) is 17.8 Å². The van der Waals surface area contributed by atoms with Crippen LogP contribution in [0.5, 0.6) is 5.75 Å². The lowest BCUT2D eigenvalue weighted by Gasteiger charge is -2.39. The van der Waals surface area contributed by atoms with Gasteiger partial charge in [-0.15, -0.1) is 0 Å². The number of hydrogen-bond acceptors (Lipinski definition) is 4. The van der Waals surface area contributed by atoms with Crippen molar-refractivity contribution in [3.05, 3.63) is 53.5 Å². The highest BCUT2D eigenvalue weighted by atomic mass is 19.1. The normalized spacial score (nSPS) is 20.7. The summed E-state index contributed by atoms with van der Waals surface area (Å²) < 4.78 is 20.1. The molecule has 1 aliphatic heterocycles. The fraction of sp³-hybridized carbons (Fsp3) is 0.304. The first-order valence-corrected chi connectivity index (χ1v) is 9.84. The van der Waals surface area contributed by atoms with Gasteiger partial charge in [0.1, 0.15) is 11.6 Å². The van der Waals surface area contributed by atoms with Crippen LogP contribution in [0.15, 0.2) is 36.4 Å². The second-order valence-electron chi connectivity index (χ2n) is 8.03. The van der Waals surface area contributed by atoms with E-state index in [0.29, 0.717) is 57.2 Å². The van der Waals surface area contributed by atoms with Crippen LogP contribution in [0, 0.1) is 11.7 Å². The monoisotopic (exact) mass is 391 g/mol. The number of benzene rings is 2. The minimum Gasteiger partial charge on any atom is -0.496 e. The first kappa shape index (κ1) is 17.9. The average molecular weight is 391 g/mol. The molecule has 5 rings (SSSR count). The quantitative estimate of drug-likeness (QED) is 0.719. The predicted octanol–water partition coefficient (Wildman–Crippen LogP) is 4.39. The highest BCUT2D eigenvalue weighted by molar-refractivity contribution is 6.11. The maximum Gasteiger partial charge on any atom is 0.258 e. The van der Waals surface area contributed by atoms with Gasteiger partial charge in [0.25, 0.3) is 5.91 Å². The number of nitrogen functional groups attached to an aromatic ring is 1. The second-order valence-corrected chi connectivity index (χ2v) is 8.03. The summed E-state index contributed by atoms with van der Waals surface area (Å²) in [5.41, 5.74) is 9.58. The molecule has 1 fully saturated rings. The maximum absolute atomic E-state index is 14.7. The summed E-state index contributed by atoms with van der Waals surface area (Å²) in [6.07, 6.45) is 2.02. The number of nitrogens with zero attached hydrogens (tertiary/aromatic N) is 2. The van der Waals surface area contributed by atoms with Crippen molar-refractivity contribution >= 4 is 22.5 Å². The van der Waals surface area contributed by atoms with Crippen LogP contribution in [0.1, 0.15) is 35.8 Å². The number of carbonyl (C=O) groups is 1. The van der Waals surface area contributed by atoms with Gasteiger partial charge in [-0.1, -0.05) is 31.2 Å². The van der Waals surface area contributed by atoms with E-state index in [0.717, 1.165) is 12.8 Å².